The van der Waals surface area contributed by atoms with Crippen LogP contribution in [0.25, 0.3) is 0 Å². The Labute approximate surface area is 159 Å². The molecule has 0 aromatic heterocycles. The van der Waals surface area contributed by atoms with E-state index in [0.29, 0.717) is 11.5 Å². The smallest absolute Gasteiger partial charge is 0.0795 e. The van der Waals surface area contributed by atoms with Gasteiger partial charge >= 0.3 is 0 Å². The van der Waals surface area contributed by atoms with Crippen LogP contribution >= 0.6 is 0 Å². The van der Waals surface area contributed by atoms with Crippen molar-refractivity contribution in [3.63, 3.8) is 0 Å². The van der Waals surface area contributed by atoms with Crippen LogP contribution < -0.4 is 0 Å². The van der Waals surface area contributed by atoms with E-state index in [4.69, 9.17) is 9.94 Å². The van der Waals surface area contributed by atoms with Gasteiger partial charge in [-0.15, -0.1) is 0 Å². The zero-order valence-corrected chi connectivity index (χ0v) is 17.1. The molecule has 0 heterocycles. The Morgan fingerprint density at radius 1 is 1.15 bits per heavy atom. The Bertz CT molecular complexity index is 609. The molecule has 3 saturated carbocycles. The number of allylic oxidation sites excluding steroid dienone is 2. The summed E-state index contributed by atoms with van der Waals surface area (Å²) in [5.74, 6) is 3.30. The molecular weight excluding hydrogens is 322 g/mol. The molecule has 26 heavy (non-hydrogen) atoms. The maximum absolute atomic E-state index is 9.16. The fourth-order valence-electron chi connectivity index (χ4n) is 7.82. The molecule has 0 unspecified atom stereocenters. The molecule has 0 aromatic carbocycles. The Balaban J connectivity index is 1.62. The molecule has 6 atom stereocenters. The first kappa shape index (κ1) is 18.5. The summed E-state index contributed by atoms with van der Waals surface area (Å²) in [6.07, 6.45) is 13.8. The third kappa shape index (κ3) is 2.60. The molecule has 0 saturated heterocycles. The third-order valence-corrected chi connectivity index (χ3v) is 8.76. The van der Waals surface area contributed by atoms with E-state index >= 15 is 0 Å². The second-order valence-electron chi connectivity index (χ2n) is 9.91. The molecule has 0 aromatic rings. The maximum Gasteiger partial charge on any atom is 0.0795 e. The Kier molecular flexibility index (Phi) is 4.74. The van der Waals surface area contributed by atoms with Crippen LogP contribution in [-0.2, 0) is 4.74 Å². The minimum atomic E-state index is 0.0605. The molecule has 4 rings (SSSR count). The minimum Gasteiger partial charge on any atom is -0.411 e. The van der Waals surface area contributed by atoms with Crippen molar-refractivity contribution in [2.45, 2.75) is 97.2 Å². The summed E-state index contributed by atoms with van der Waals surface area (Å²) in [6, 6.07) is 0. The normalized spacial score (nSPS) is 46.7. The van der Waals surface area contributed by atoms with E-state index < -0.39 is 0 Å². The molecule has 4 aliphatic carbocycles. The zero-order chi connectivity index (χ0) is 18.5. The zero-order valence-electron chi connectivity index (χ0n) is 17.1. The largest absolute Gasteiger partial charge is 0.411 e. The predicted molar refractivity (Wildman–Crippen MR) is 106 cm³/mol. The molecule has 0 amide bonds. The monoisotopic (exact) mass is 359 g/mol. The van der Waals surface area contributed by atoms with Crippen molar-refractivity contribution in [1.29, 1.82) is 0 Å². The molecule has 3 nitrogen and oxygen atoms in total. The molecule has 0 spiro atoms. The highest BCUT2D eigenvalue weighted by atomic mass is 16.5. The van der Waals surface area contributed by atoms with Crippen molar-refractivity contribution < 1.29 is 9.94 Å². The van der Waals surface area contributed by atoms with Gasteiger partial charge in [0.15, 0.2) is 0 Å². The number of hydrogen-bond acceptors (Lipinski definition) is 3. The lowest BCUT2D eigenvalue weighted by atomic mass is 9.49. The van der Waals surface area contributed by atoms with E-state index in [1.165, 1.54) is 51.4 Å². The summed E-state index contributed by atoms with van der Waals surface area (Å²) in [5, 5.41) is 12.7. The molecule has 1 N–H and O–H groups in total. The fraction of sp³-hybridized carbons (Fsp3) is 0.870. The standard InChI is InChI=1S/C23H37NO2/c1-5-23-13-10-19-18-9-7-17(24-25)14-16(18)6-8-20(19)21(23)11-12-22(23,4)26-15(2)3/h14-15,18-21,25H,5-13H2,1-4H3/b24-17+/t18-,19+,20+,21-,22-,23-/m0/s1. The van der Waals surface area contributed by atoms with Crippen molar-refractivity contribution in [3.8, 4) is 0 Å². The average molecular weight is 360 g/mol. The van der Waals surface area contributed by atoms with E-state index in [-0.39, 0.29) is 5.60 Å². The second kappa shape index (κ2) is 6.65. The summed E-state index contributed by atoms with van der Waals surface area (Å²) in [4.78, 5) is 0. The van der Waals surface area contributed by atoms with Gasteiger partial charge in [0, 0.05) is 5.41 Å². The van der Waals surface area contributed by atoms with Crippen molar-refractivity contribution >= 4 is 5.71 Å². The highest BCUT2D eigenvalue weighted by Crippen LogP contribution is 2.67. The Hall–Kier alpha value is -0.830. The Morgan fingerprint density at radius 3 is 2.65 bits per heavy atom. The number of nitrogens with zero attached hydrogens (tertiary/aromatic N) is 1. The van der Waals surface area contributed by atoms with Crippen LogP contribution in [0, 0.1) is 29.1 Å². The summed E-state index contributed by atoms with van der Waals surface area (Å²) in [7, 11) is 0. The van der Waals surface area contributed by atoms with Crippen molar-refractivity contribution in [2.24, 2.45) is 34.2 Å². The van der Waals surface area contributed by atoms with Crippen LogP contribution in [0.4, 0.5) is 0 Å². The van der Waals surface area contributed by atoms with E-state index in [0.717, 1.165) is 35.8 Å². The van der Waals surface area contributed by atoms with Crippen LogP contribution in [-0.4, -0.2) is 22.6 Å². The SMILES string of the molecule is CC[C@]12CC[C@H]3[C@@H](CCC4=C/C(=N/O)CC[C@@H]43)[C@@H]1CC[C@]2(C)OC(C)C. The fourth-order valence-corrected chi connectivity index (χ4v) is 7.82. The molecule has 0 radical (unpaired) electrons. The van der Waals surface area contributed by atoms with Crippen LogP contribution in [0.2, 0.25) is 0 Å². The van der Waals surface area contributed by atoms with Gasteiger partial charge in [-0.1, -0.05) is 17.7 Å². The van der Waals surface area contributed by atoms with Crippen LogP contribution in [0.15, 0.2) is 16.8 Å². The summed E-state index contributed by atoms with van der Waals surface area (Å²) >= 11 is 0. The quantitative estimate of drug-likeness (QED) is 0.499. The number of fused-ring (bicyclic) bond motifs is 5. The van der Waals surface area contributed by atoms with E-state index in [1.807, 2.05) is 0 Å². The van der Waals surface area contributed by atoms with E-state index in [1.54, 1.807) is 5.57 Å². The molecule has 3 fully saturated rings. The van der Waals surface area contributed by atoms with Gasteiger partial charge in [0.2, 0.25) is 0 Å². The minimum absolute atomic E-state index is 0.0605. The summed E-state index contributed by atoms with van der Waals surface area (Å²) in [5.41, 5.74) is 2.91. The van der Waals surface area contributed by atoms with Gasteiger partial charge in [-0.3, -0.25) is 0 Å². The second-order valence-corrected chi connectivity index (χ2v) is 9.91. The van der Waals surface area contributed by atoms with Gasteiger partial charge < -0.3 is 9.94 Å². The Morgan fingerprint density at radius 2 is 1.96 bits per heavy atom. The van der Waals surface area contributed by atoms with Gasteiger partial charge in [-0.2, -0.15) is 0 Å². The lowest BCUT2D eigenvalue weighted by molar-refractivity contribution is -0.171. The molecule has 146 valence electrons. The summed E-state index contributed by atoms with van der Waals surface area (Å²) < 4.78 is 6.62. The highest BCUT2D eigenvalue weighted by molar-refractivity contribution is 5.96. The first-order valence-corrected chi connectivity index (χ1v) is 11.0. The highest BCUT2D eigenvalue weighted by Gasteiger charge is 2.63. The van der Waals surface area contributed by atoms with E-state index in [2.05, 4.69) is 38.9 Å². The van der Waals surface area contributed by atoms with Gasteiger partial charge in [0.1, 0.15) is 0 Å². The molecule has 3 heteroatoms. The topological polar surface area (TPSA) is 41.8 Å². The lowest BCUT2D eigenvalue weighted by Crippen LogP contribution is -2.54. The average Bonchev–Trinajstić information content (AvgIpc) is 2.93. The number of rotatable bonds is 3. The lowest BCUT2D eigenvalue weighted by Gasteiger charge is -2.57. The van der Waals surface area contributed by atoms with Crippen molar-refractivity contribution in [1.82, 2.24) is 0 Å². The predicted octanol–water partition coefficient (Wildman–Crippen LogP) is 5.96. The third-order valence-electron chi connectivity index (χ3n) is 8.76. The molecule has 4 aliphatic rings. The van der Waals surface area contributed by atoms with Crippen molar-refractivity contribution in [3.05, 3.63) is 11.6 Å². The summed E-state index contributed by atoms with van der Waals surface area (Å²) in [6.45, 7) is 9.25. The molecule has 0 aliphatic heterocycles. The van der Waals surface area contributed by atoms with Gasteiger partial charge in [-0.25, -0.2) is 0 Å². The first-order chi connectivity index (χ1) is 12.4. The van der Waals surface area contributed by atoms with Gasteiger partial charge in [0.05, 0.1) is 17.4 Å². The molecular formula is C23H37NO2. The van der Waals surface area contributed by atoms with Gasteiger partial charge in [0.25, 0.3) is 0 Å². The van der Waals surface area contributed by atoms with Crippen LogP contribution in [0.3, 0.4) is 0 Å². The van der Waals surface area contributed by atoms with Crippen molar-refractivity contribution in [2.75, 3.05) is 0 Å². The van der Waals surface area contributed by atoms with Crippen LogP contribution in [0.1, 0.15) is 85.5 Å². The van der Waals surface area contributed by atoms with Gasteiger partial charge in [-0.05, 0) is 108 Å². The number of ether oxygens (including phenoxy) is 1. The maximum atomic E-state index is 9.16. The van der Waals surface area contributed by atoms with E-state index in [9.17, 15) is 0 Å². The number of hydrogen-bond donors (Lipinski definition) is 1. The van der Waals surface area contributed by atoms with Crippen LogP contribution in [0.5, 0.6) is 0 Å². The first-order valence-electron chi connectivity index (χ1n) is 11.0. The number of oxime groups is 1. The molecule has 0 bridgehead atoms.